The summed E-state index contributed by atoms with van der Waals surface area (Å²) >= 11 is 0. The number of hydrogen-bond donors (Lipinski definition) is 1. The lowest BCUT2D eigenvalue weighted by atomic mass is 9.87. The van der Waals surface area contributed by atoms with E-state index in [1.807, 2.05) is 24.3 Å². The highest BCUT2D eigenvalue weighted by atomic mass is 16.5. The van der Waals surface area contributed by atoms with Gasteiger partial charge in [0.2, 0.25) is 0 Å². The summed E-state index contributed by atoms with van der Waals surface area (Å²) in [6.45, 7) is 10.8. The molecule has 4 rings (SSSR count). The predicted molar refractivity (Wildman–Crippen MR) is 139 cm³/mol. The molecule has 1 heterocycles. The van der Waals surface area contributed by atoms with Crippen molar-refractivity contribution in [1.29, 1.82) is 0 Å². The molecule has 0 fully saturated rings. The molecule has 0 saturated heterocycles. The van der Waals surface area contributed by atoms with Crippen molar-refractivity contribution in [3.63, 3.8) is 0 Å². The van der Waals surface area contributed by atoms with Crippen molar-refractivity contribution in [1.82, 2.24) is 4.98 Å². The molecule has 1 N–H and O–H groups in total. The first-order valence-electron chi connectivity index (χ1n) is 11.4. The zero-order chi connectivity index (χ0) is 24.5. The summed E-state index contributed by atoms with van der Waals surface area (Å²) in [6, 6.07) is 18.3. The van der Waals surface area contributed by atoms with E-state index in [0.29, 0.717) is 17.2 Å². The third-order valence-electron chi connectivity index (χ3n) is 6.19. The maximum Gasteiger partial charge on any atom is 0.162 e. The number of rotatable bonds is 6. The molecule has 0 aliphatic heterocycles. The van der Waals surface area contributed by atoms with Crippen molar-refractivity contribution in [2.75, 3.05) is 19.5 Å². The predicted octanol–water partition coefficient (Wildman–Crippen LogP) is 7.70. The van der Waals surface area contributed by atoms with Gasteiger partial charge in [-0.05, 0) is 72.4 Å². The summed E-state index contributed by atoms with van der Waals surface area (Å²) in [5, 5.41) is 4.40. The number of aromatic nitrogens is 1. The SMILES string of the molecule is COc1cc2nccc(Oc3ccc(Nc4ccc(C(C)(C)C)cc4)c(C)c3C)c2cc1OC. The van der Waals surface area contributed by atoms with Crippen LogP contribution in [-0.4, -0.2) is 19.2 Å². The fraction of sp³-hybridized carbons (Fsp3) is 0.276. The third kappa shape index (κ3) is 4.65. The molecule has 0 aliphatic rings. The van der Waals surface area contributed by atoms with E-state index >= 15 is 0 Å². The zero-order valence-electron chi connectivity index (χ0n) is 20.9. The fourth-order valence-electron chi connectivity index (χ4n) is 3.91. The summed E-state index contributed by atoms with van der Waals surface area (Å²) in [5.41, 5.74) is 6.55. The lowest BCUT2D eigenvalue weighted by Gasteiger charge is -2.20. The number of pyridine rings is 1. The number of nitrogens with one attached hydrogen (secondary N) is 1. The largest absolute Gasteiger partial charge is 0.493 e. The van der Waals surface area contributed by atoms with Crippen LogP contribution in [0.3, 0.4) is 0 Å². The van der Waals surface area contributed by atoms with Crippen LogP contribution in [-0.2, 0) is 5.41 Å². The molecule has 176 valence electrons. The number of ether oxygens (including phenoxy) is 3. The van der Waals surface area contributed by atoms with E-state index in [9.17, 15) is 0 Å². The molecule has 0 amide bonds. The molecule has 34 heavy (non-hydrogen) atoms. The van der Waals surface area contributed by atoms with Crippen LogP contribution in [0.25, 0.3) is 10.9 Å². The van der Waals surface area contributed by atoms with E-state index in [1.54, 1.807) is 20.4 Å². The van der Waals surface area contributed by atoms with Gasteiger partial charge >= 0.3 is 0 Å². The monoisotopic (exact) mass is 456 g/mol. The topological polar surface area (TPSA) is 52.6 Å². The average molecular weight is 457 g/mol. The summed E-state index contributed by atoms with van der Waals surface area (Å²) < 4.78 is 17.3. The molecule has 0 aliphatic carbocycles. The van der Waals surface area contributed by atoms with Gasteiger partial charge in [0.15, 0.2) is 11.5 Å². The summed E-state index contributed by atoms with van der Waals surface area (Å²) in [7, 11) is 3.24. The Hall–Kier alpha value is -3.73. The number of hydrogen-bond acceptors (Lipinski definition) is 5. The minimum Gasteiger partial charge on any atom is -0.493 e. The number of methoxy groups -OCH3 is 2. The van der Waals surface area contributed by atoms with Gasteiger partial charge in [0, 0.05) is 29.0 Å². The van der Waals surface area contributed by atoms with Gasteiger partial charge in [-0.25, -0.2) is 0 Å². The average Bonchev–Trinajstić information content (AvgIpc) is 2.82. The van der Waals surface area contributed by atoms with Gasteiger partial charge in [-0.1, -0.05) is 32.9 Å². The molecule has 0 atom stereocenters. The highest BCUT2D eigenvalue weighted by Gasteiger charge is 2.15. The number of fused-ring (bicyclic) bond motifs is 1. The second kappa shape index (κ2) is 9.26. The molecule has 5 nitrogen and oxygen atoms in total. The standard InChI is InChI=1S/C29H32N2O3/c1-18-19(2)25(13-12-23(18)31-21-10-8-20(9-11-21)29(3,4)5)34-26-14-15-30-24-17-28(33-7)27(32-6)16-22(24)26/h8-17,31H,1-7H3. The Morgan fingerprint density at radius 1 is 0.735 bits per heavy atom. The van der Waals surface area contributed by atoms with E-state index in [2.05, 4.69) is 75.3 Å². The van der Waals surface area contributed by atoms with Gasteiger partial charge in [-0.15, -0.1) is 0 Å². The lowest BCUT2D eigenvalue weighted by Crippen LogP contribution is -2.10. The molecule has 0 bridgehead atoms. The van der Waals surface area contributed by atoms with Gasteiger partial charge in [-0.2, -0.15) is 0 Å². The van der Waals surface area contributed by atoms with Crippen molar-refractivity contribution < 1.29 is 14.2 Å². The number of benzene rings is 3. The fourth-order valence-corrected chi connectivity index (χ4v) is 3.91. The van der Waals surface area contributed by atoms with Gasteiger partial charge in [0.05, 0.1) is 19.7 Å². The minimum atomic E-state index is 0.135. The highest BCUT2D eigenvalue weighted by molar-refractivity contribution is 5.88. The Kier molecular flexibility index (Phi) is 6.38. The maximum atomic E-state index is 6.37. The van der Waals surface area contributed by atoms with Crippen LogP contribution < -0.4 is 19.5 Å². The van der Waals surface area contributed by atoms with E-state index in [-0.39, 0.29) is 5.41 Å². The molecular weight excluding hydrogens is 424 g/mol. The molecule has 5 heteroatoms. The van der Waals surface area contributed by atoms with Gasteiger partial charge in [-0.3, -0.25) is 4.98 Å². The van der Waals surface area contributed by atoms with Crippen molar-refractivity contribution in [3.8, 4) is 23.0 Å². The first-order valence-corrected chi connectivity index (χ1v) is 11.4. The Morgan fingerprint density at radius 3 is 2.06 bits per heavy atom. The molecule has 0 unspecified atom stereocenters. The molecular formula is C29H32N2O3. The molecule has 0 saturated carbocycles. The van der Waals surface area contributed by atoms with Crippen LogP contribution in [0.4, 0.5) is 11.4 Å². The number of anilines is 2. The van der Waals surface area contributed by atoms with Crippen LogP contribution in [0.2, 0.25) is 0 Å². The third-order valence-corrected chi connectivity index (χ3v) is 6.19. The molecule has 4 aromatic rings. The lowest BCUT2D eigenvalue weighted by molar-refractivity contribution is 0.355. The Balaban J connectivity index is 1.62. The van der Waals surface area contributed by atoms with Crippen LogP contribution in [0, 0.1) is 13.8 Å². The van der Waals surface area contributed by atoms with Crippen molar-refractivity contribution >= 4 is 22.3 Å². The Morgan fingerprint density at radius 2 is 1.41 bits per heavy atom. The summed E-state index contributed by atoms with van der Waals surface area (Å²) in [5.74, 6) is 2.79. The second-order valence-electron chi connectivity index (χ2n) is 9.45. The first kappa shape index (κ1) is 23.4. The Bertz CT molecular complexity index is 1320. The first-order chi connectivity index (χ1) is 16.2. The smallest absolute Gasteiger partial charge is 0.162 e. The van der Waals surface area contributed by atoms with E-state index < -0.39 is 0 Å². The van der Waals surface area contributed by atoms with Gasteiger partial charge in [0.1, 0.15) is 11.5 Å². The zero-order valence-corrected chi connectivity index (χ0v) is 20.9. The van der Waals surface area contributed by atoms with Gasteiger partial charge < -0.3 is 19.5 Å². The molecule has 1 aromatic heterocycles. The highest BCUT2D eigenvalue weighted by Crippen LogP contribution is 2.39. The number of nitrogens with zero attached hydrogens (tertiary/aromatic N) is 1. The minimum absolute atomic E-state index is 0.135. The molecule has 3 aromatic carbocycles. The normalized spacial score (nSPS) is 11.4. The van der Waals surface area contributed by atoms with Crippen LogP contribution in [0.5, 0.6) is 23.0 Å². The van der Waals surface area contributed by atoms with Crippen LogP contribution in [0.1, 0.15) is 37.5 Å². The van der Waals surface area contributed by atoms with Crippen molar-refractivity contribution in [3.05, 3.63) is 77.5 Å². The van der Waals surface area contributed by atoms with E-state index in [0.717, 1.165) is 39.2 Å². The van der Waals surface area contributed by atoms with Crippen LogP contribution in [0.15, 0.2) is 60.8 Å². The quantitative estimate of drug-likeness (QED) is 0.322. The van der Waals surface area contributed by atoms with Crippen molar-refractivity contribution in [2.24, 2.45) is 0 Å². The Labute approximate surface area is 201 Å². The maximum absolute atomic E-state index is 6.37. The van der Waals surface area contributed by atoms with Crippen molar-refractivity contribution in [2.45, 2.75) is 40.0 Å². The second-order valence-corrected chi connectivity index (χ2v) is 9.45. The summed E-state index contributed by atoms with van der Waals surface area (Å²) in [4.78, 5) is 4.46. The summed E-state index contributed by atoms with van der Waals surface area (Å²) in [6.07, 6.45) is 1.74. The van der Waals surface area contributed by atoms with Gasteiger partial charge in [0.25, 0.3) is 0 Å². The van der Waals surface area contributed by atoms with E-state index in [1.165, 1.54) is 5.56 Å². The molecule has 0 radical (unpaired) electrons. The van der Waals surface area contributed by atoms with Crippen LogP contribution >= 0.6 is 0 Å². The molecule has 0 spiro atoms. The van der Waals surface area contributed by atoms with E-state index in [4.69, 9.17) is 14.2 Å².